The van der Waals surface area contributed by atoms with Crippen molar-refractivity contribution >= 4 is 28.3 Å². The molecule has 2 aliphatic rings. The number of rotatable bonds is 4. The Morgan fingerprint density at radius 2 is 2.00 bits per heavy atom. The Morgan fingerprint density at radius 3 is 2.67 bits per heavy atom. The first-order valence-electron chi connectivity index (χ1n) is 8.25. The number of amides is 2. The Hall–Kier alpha value is -2.22. The molecule has 126 valence electrons. The molecule has 7 nitrogen and oxygen atoms in total. The number of thiazole rings is 1. The monoisotopic (exact) mass is 345 g/mol. The molecule has 0 aromatic carbocycles. The second kappa shape index (κ2) is 6.35. The zero-order valence-electron chi connectivity index (χ0n) is 13.2. The first-order valence-corrected chi connectivity index (χ1v) is 9.13. The van der Waals surface area contributed by atoms with E-state index in [1.54, 1.807) is 17.3 Å². The molecule has 0 unspecified atom stereocenters. The molecular weight excluding hydrogens is 326 g/mol. The van der Waals surface area contributed by atoms with Gasteiger partial charge in [-0.1, -0.05) is 0 Å². The molecule has 2 N–H and O–H groups in total. The van der Waals surface area contributed by atoms with Crippen LogP contribution in [0.1, 0.15) is 47.9 Å². The summed E-state index contributed by atoms with van der Waals surface area (Å²) in [6.07, 6.45) is 6.96. The van der Waals surface area contributed by atoms with Gasteiger partial charge in [-0.3, -0.25) is 9.59 Å². The highest BCUT2D eigenvalue weighted by molar-refractivity contribution is 7.13. The number of carbonyl (C=O) groups excluding carboxylic acids is 2. The van der Waals surface area contributed by atoms with Gasteiger partial charge in [0.2, 0.25) is 5.91 Å². The van der Waals surface area contributed by atoms with Crippen LogP contribution >= 0.6 is 11.3 Å². The molecule has 2 fully saturated rings. The van der Waals surface area contributed by atoms with Crippen molar-refractivity contribution in [2.24, 2.45) is 5.92 Å². The fourth-order valence-electron chi connectivity index (χ4n) is 3.02. The van der Waals surface area contributed by atoms with E-state index in [4.69, 9.17) is 0 Å². The van der Waals surface area contributed by atoms with Crippen LogP contribution in [0.25, 0.3) is 0 Å². The lowest BCUT2D eigenvalue weighted by Gasteiger charge is -2.30. The van der Waals surface area contributed by atoms with Crippen LogP contribution in [0, 0.1) is 5.92 Å². The molecule has 2 amide bonds. The number of hydrogen-bond acceptors (Lipinski definition) is 5. The SMILES string of the molecule is O=C(Nc1nccs1)C1CCN(C(=O)c2cnc(C3CC3)[nH]2)CC1. The third-order valence-electron chi connectivity index (χ3n) is 4.61. The minimum atomic E-state index is -0.0678. The highest BCUT2D eigenvalue weighted by Gasteiger charge is 2.31. The van der Waals surface area contributed by atoms with Crippen molar-refractivity contribution in [3.05, 3.63) is 29.3 Å². The van der Waals surface area contributed by atoms with Gasteiger partial charge in [-0.25, -0.2) is 9.97 Å². The average Bonchev–Trinajstić information content (AvgIpc) is 3.11. The van der Waals surface area contributed by atoms with Gasteiger partial charge in [0, 0.05) is 36.5 Å². The van der Waals surface area contributed by atoms with Crippen LogP contribution in [0.4, 0.5) is 5.13 Å². The lowest BCUT2D eigenvalue weighted by Crippen LogP contribution is -2.41. The maximum absolute atomic E-state index is 12.5. The zero-order chi connectivity index (χ0) is 16.5. The summed E-state index contributed by atoms with van der Waals surface area (Å²) >= 11 is 1.41. The Labute approximate surface area is 143 Å². The van der Waals surface area contributed by atoms with Crippen LogP contribution < -0.4 is 5.32 Å². The number of aromatic amines is 1. The molecule has 0 atom stereocenters. The molecule has 0 bridgehead atoms. The van der Waals surface area contributed by atoms with Gasteiger partial charge in [0.1, 0.15) is 11.5 Å². The van der Waals surface area contributed by atoms with E-state index in [0.29, 0.717) is 42.7 Å². The van der Waals surface area contributed by atoms with E-state index in [-0.39, 0.29) is 17.7 Å². The topological polar surface area (TPSA) is 91.0 Å². The largest absolute Gasteiger partial charge is 0.338 e. The number of carbonyl (C=O) groups is 2. The van der Waals surface area contributed by atoms with Crippen molar-refractivity contribution in [1.82, 2.24) is 19.9 Å². The molecule has 1 aliphatic carbocycles. The van der Waals surface area contributed by atoms with Gasteiger partial charge in [0.05, 0.1) is 6.20 Å². The van der Waals surface area contributed by atoms with Gasteiger partial charge in [0.15, 0.2) is 5.13 Å². The first kappa shape index (κ1) is 15.3. The fraction of sp³-hybridized carbons (Fsp3) is 0.500. The van der Waals surface area contributed by atoms with Crippen molar-refractivity contribution in [2.75, 3.05) is 18.4 Å². The van der Waals surface area contributed by atoms with Crippen LogP contribution in [0.5, 0.6) is 0 Å². The third kappa shape index (κ3) is 3.19. The molecule has 1 saturated heterocycles. The lowest BCUT2D eigenvalue weighted by molar-refractivity contribution is -0.121. The highest BCUT2D eigenvalue weighted by Crippen LogP contribution is 2.38. The number of hydrogen-bond donors (Lipinski definition) is 2. The molecule has 2 aromatic heterocycles. The molecular formula is C16H19N5O2S. The van der Waals surface area contributed by atoms with E-state index in [9.17, 15) is 9.59 Å². The van der Waals surface area contributed by atoms with Gasteiger partial charge in [-0.05, 0) is 25.7 Å². The molecule has 1 aliphatic heterocycles. The van der Waals surface area contributed by atoms with Crippen LogP contribution in [0.15, 0.2) is 17.8 Å². The standard InChI is InChI=1S/C16H19N5O2S/c22-14(20-16-17-5-8-24-16)11-3-6-21(7-4-11)15(23)12-9-18-13(19-12)10-1-2-10/h5,8-11H,1-4,6-7H2,(H,18,19)(H,17,20,22). The number of nitrogens with zero attached hydrogens (tertiary/aromatic N) is 3. The highest BCUT2D eigenvalue weighted by atomic mass is 32.1. The van der Waals surface area contributed by atoms with E-state index in [0.717, 1.165) is 18.7 Å². The Kier molecular flexibility index (Phi) is 4.05. The van der Waals surface area contributed by atoms with Crippen molar-refractivity contribution in [3.8, 4) is 0 Å². The molecule has 0 spiro atoms. The van der Waals surface area contributed by atoms with Crippen LogP contribution in [-0.4, -0.2) is 44.8 Å². The predicted octanol–water partition coefficient (Wildman–Crippen LogP) is 2.23. The summed E-state index contributed by atoms with van der Waals surface area (Å²) in [5.41, 5.74) is 0.558. The Morgan fingerprint density at radius 1 is 1.21 bits per heavy atom. The van der Waals surface area contributed by atoms with E-state index in [1.807, 2.05) is 5.38 Å². The Balaban J connectivity index is 1.31. The summed E-state index contributed by atoms with van der Waals surface area (Å²) in [4.78, 5) is 38.1. The summed E-state index contributed by atoms with van der Waals surface area (Å²) in [5.74, 6) is 1.34. The quantitative estimate of drug-likeness (QED) is 0.889. The number of piperidine rings is 1. The minimum Gasteiger partial charge on any atom is -0.338 e. The number of aromatic nitrogens is 3. The van der Waals surface area contributed by atoms with Crippen molar-refractivity contribution in [1.29, 1.82) is 0 Å². The second-order valence-corrected chi connectivity index (χ2v) is 7.24. The first-order chi connectivity index (χ1) is 11.7. The van der Waals surface area contributed by atoms with Gasteiger partial charge < -0.3 is 15.2 Å². The number of likely N-dealkylation sites (tertiary alicyclic amines) is 1. The second-order valence-electron chi connectivity index (χ2n) is 6.35. The number of H-pyrrole nitrogens is 1. The normalized spacial score (nSPS) is 18.6. The maximum atomic E-state index is 12.5. The van der Waals surface area contributed by atoms with E-state index in [1.165, 1.54) is 11.3 Å². The smallest absolute Gasteiger partial charge is 0.271 e. The number of nitrogens with one attached hydrogen (secondary N) is 2. The Bertz CT molecular complexity index is 729. The summed E-state index contributed by atoms with van der Waals surface area (Å²) in [6, 6.07) is 0. The molecule has 4 rings (SSSR count). The molecule has 0 radical (unpaired) electrons. The molecule has 3 heterocycles. The van der Waals surface area contributed by atoms with E-state index >= 15 is 0 Å². The van der Waals surface area contributed by atoms with Crippen molar-refractivity contribution < 1.29 is 9.59 Å². The van der Waals surface area contributed by atoms with Crippen molar-refractivity contribution in [2.45, 2.75) is 31.6 Å². The van der Waals surface area contributed by atoms with E-state index in [2.05, 4.69) is 20.3 Å². The minimum absolute atomic E-state index is 0.00499. The van der Waals surface area contributed by atoms with Gasteiger partial charge in [0.25, 0.3) is 5.91 Å². The van der Waals surface area contributed by atoms with Gasteiger partial charge >= 0.3 is 0 Å². The summed E-state index contributed by atoms with van der Waals surface area (Å²) in [6.45, 7) is 1.18. The van der Waals surface area contributed by atoms with E-state index < -0.39 is 0 Å². The van der Waals surface area contributed by atoms with Gasteiger partial charge in [-0.2, -0.15) is 0 Å². The number of anilines is 1. The molecule has 24 heavy (non-hydrogen) atoms. The average molecular weight is 345 g/mol. The van der Waals surface area contributed by atoms with Crippen LogP contribution in [-0.2, 0) is 4.79 Å². The van der Waals surface area contributed by atoms with Gasteiger partial charge in [-0.15, -0.1) is 11.3 Å². The summed E-state index contributed by atoms with van der Waals surface area (Å²) in [5, 5.41) is 5.30. The van der Waals surface area contributed by atoms with Crippen LogP contribution in [0.2, 0.25) is 0 Å². The molecule has 2 aromatic rings. The summed E-state index contributed by atoms with van der Waals surface area (Å²) < 4.78 is 0. The third-order valence-corrected chi connectivity index (χ3v) is 5.29. The fourth-order valence-corrected chi connectivity index (χ4v) is 3.55. The zero-order valence-corrected chi connectivity index (χ0v) is 14.0. The molecule has 8 heteroatoms. The predicted molar refractivity (Wildman–Crippen MR) is 89.9 cm³/mol. The van der Waals surface area contributed by atoms with Crippen molar-refractivity contribution in [3.63, 3.8) is 0 Å². The maximum Gasteiger partial charge on any atom is 0.271 e. The lowest BCUT2D eigenvalue weighted by atomic mass is 9.96. The summed E-state index contributed by atoms with van der Waals surface area (Å²) in [7, 11) is 0. The molecule has 1 saturated carbocycles. The van der Waals surface area contributed by atoms with Crippen LogP contribution in [0.3, 0.4) is 0 Å². The number of imidazole rings is 1.